The van der Waals surface area contributed by atoms with E-state index in [9.17, 15) is 4.79 Å². The Kier molecular flexibility index (Phi) is 5.84. The van der Waals surface area contributed by atoms with Crippen molar-refractivity contribution in [3.8, 4) is 0 Å². The third kappa shape index (κ3) is 4.13. The fourth-order valence-electron chi connectivity index (χ4n) is 3.65. The largest absolute Gasteiger partial charge is 0.378 e. The molecule has 0 unspecified atom stereocenters. The van der Waals surface area contributed by atoms with Gasteiger partial charge in [-0.2, -0.15) is 0 Å². The highest BCUT2D eigenvalue weighted by Gasteiger charge is 2.30. The second-order valence-electron chi connectivity index (χ2n) is 7.17. The van der Waals surface area contributed by atoms with Crippen LogP contribution in [0.3, 0.4) is 0 Å². The van der Waals surface area contributed by atoms with Crippen LogP contribution < -0.4 is 0 Å². The molecule has 1 amide bonds. The summed E-state index contributed by atoms with van der Waals surface area (Å²) in [4.78, 5) is 16.7. The summed E-state index contributed by atoms with van der Waals surface area (Å²) < 4.78 is 7.49. The summed E-state index contributed by atoms with van der Waals surface area (Å²) in [7, 11) is 0. The molecule has 0 bridgehead atoms. The van der Waals surface area contributed by atoms with Gasteiger partial charge in [0.2, 0.25) is 5.91 Å². The number of amides is 1. The average Bonchev–Trinajstić information content (AvgIpc) is 3.21. The minimum absolute atomic E-state index is 0.243. The summed E-state index contributed by atoms with van der Waals surface area (Å²) in [5.41, 5.74) is 0. The lowest BCUT2D eigenvalue weighted by Gasteiger charge is -2.29. The van der Waals surface area contributed by atoms with Crippen molar-refractivity contribution in [2.45, 2.75) is 45.7 Å². The maximum Gasteiger partial charge on any atom is 0.224 e. The van der Waals surface area contributed by atoms with Gasteiger partial charge in [-0.3, -0.25) is 9.69 Å². The van der Waals surface area contributed by atoms with Crippen LogP contribution in [0.2, 0.25) is 0 Å². The Morgan fingerprint density at radius 1 is 1.33 bits per heavy atom. The lowest BCUT2D eigenvalue weighted by Crippen LogP contribution is -2.42. The smallest absolute Gasteiger partial charge is 0.224 e. The number of likely N-dealkylation sites (tertiary alicyclic amines) is 1. The van der Waals surface area contributed by atoms with E-state index in [2.05, 4.69) is 33.5 Å². The average molecular weight is 335 g/mol. The summed E-state index contributed by atoms with van der Waals surface area (Å²) in [5.74, 6) is 1.87. The number of nitrogens with zero attached hydrogens (tertiary/aromatic N) is 5. The highest BCUT2D eigenvalue weighted by Crippen LogP contribution is 2.31. The molecule has 0 N–H and O–H groups in total. The van der Waals surface area contributed by atoms with E-state index in [1.165, 1.54) is 0 Å². The Morgan fingerprint density at radius 3 is 2.88 bits per heavy atom. The van der Waals surface area contributed by atoms with Crippen LogP contribution in [0.15, 0.2) is 6.33 Å². The molecule has 2 aliphatic heterocycles. The zero-order valence-corrected chi connectivity index (χ0v) is 14.9. The van der Waals surface area contributed by atoms with Gasteiger partial charge in [0.1, 0.15) is 12.2 Å². The Labute approximate surface area is 144 Å². The Balaban J connectivity index is 1.57. The second-order valence-corrected chi connectivity index (χ2v) is 7.17. The zero-order valence-electron chi connectivity index (χ0n) is 14.9. The molecule has 134 valence electrons. The van der Waals surface area contributed by atoms with Crippen LogP contribution in [0.4, 0.5) is 0 Å². The lowest BCUT2D eigenvalue weighted by molar-refractivity contribution is -0.135. The number of morpholine rings is 1. The van der Waals surface area contributed by atoms with E-state index >= 15 is 0 Å². The van der Waals surface area contributed by atoms with Gasteiger partial charge in [-0.1, -0.05) is 13.8 Å². The van der Waals surface area contributed by atoms with Crippen molar-refractivity contribution in [1.29, 1.82) is 0 Å². The minimum Gasteiger partial charge on any atom is -0.378 e. The Bertz CT molecular complexity index is 539. The van der Waals surface area contributed by atoms with Gasteiger partial charge in [0.05, 0.1) is 19.3 Å². The molecule has 0 aromatic carbocycles. The molecule has 0 aliphatic carbocycles. The van der Waals surface area contributed by atoms with Crippen LogP contribution in [0.1, 0.15) is 45.0 Å². The van der Waals surface area contributed by atoms with Crippen molar-refractivity contribution < 1.29 is 9.53 Å². The first-order valence-corrected chi connectivity index (χ1v) is 9.12. The highest BCUT2D eigenvalue weighted by atomic mass is 16.5. The predicted molar refractivity (Wildman–Crippen MR) is 90.4 cm³/mol. The van der Waals surface area contributed by atoms with E-state index < -0.39 is 0 Å². The number of carbonyl (C=O) groups is 1. The SMILES string of the molecule is CC(C)Cn1cnnc1[C@H]1CCCN1CCC(=O)N1CCOCC1. The summed E-state index contributed by atoms with van der Waals surface area (Å²) in [6, 6.07) is 0.295. The van der Waals surface area contributed by atoms with Crippen molar-refractivity contribution in [3.63, 3.8) is 0 Å². The van der Waals surface area contributed by atoms with E-state index in [1.54, 1.807) is 0 Å². The Morgan fingerprint density at radius 2 is 2.12 bits per heavy atom. The molecule has 7 heteroatoms. The van der Waals surface area contributed by atoms with Crippen molar-refractivity contribution in [2.24, 2.45) is 5.92 Å². The van der Waals surface area contributed by atoms with Gasteiger partial charge in [0.15, 0.2) is 0 Å². The normalized spacial score (nSPS) is 22.5. The fourth-order valence-corrected chi connectivity index (χ4v) is 3.65. The van der Waals surface area contributed by atoms with Gasteiger partial charge in [-0.25, -0.2) is 0 Å². The second kappa shape index (κ2) is 8.07. The van der Waals surface area contributed by atoms with Crippen LogP contribution in [0.5, 0.6) is 0 Å². The van der Waals surface area contributed by atoms with E-state index in [-0.39, 0.29) is 5.91 Å². The molecule has 1 aromatic rings. The maximum atomic E-state index is 12.4. The molecule has 2 saturated heterocycles. The molecule has 0 radical (unpaired) electrons. The fraction of sp³-hybridized carbons (Fsp3) is 0.824. The number of aromatic nitrogens is 3. The monoisotopic (exact) mass is 335 g/mol. The summed E-state index contributed by atoms with van der Waals surface area (Å²) in [6.07, 6.45) is 4.67. The van der Waals surface area contributed by atoms with Gasteiger partial charge < -0.3 is 14.2 Å². The Hall–Kier alpha value is -1.47. The van der Waals surface area contributed by atoms with Crippen LogP contribution >= 0.6 is 0 Å². The third-order valence-electron chi connectivity index (χ3n) is 4.85. The van der Waals surface area contributed by atoms with E-state index in [4.69, 9.17) is 4.74 Å². The summed E-state index contributed by atoms with van der Waals surface area (Å²) in [5, 5.41) is 8.50. The first-order valence-electron chi connectivity index (χ1n) is 9.12. The number of ether oxygens (including phenoxy) is 1. The zero-order chi connectivity index (χ0) is 16.9. The van der Waals surface area contributed by atoms with Gasteiger partial charge in [0.25, 0.3) is 0 Å². The molecule has 1 atom stereocenters. The molecule has 1 aromatic heterocycles. The van der Waals surface area contributed by atoms with Crippen LogP contribution in [-0.4, -0.2) is 69.9 Å². The predicted octanol–water partition coefficient (Wildman–Crippen LogP) is 1.32. The van der Waals surface area contributed by atoms with Crippen LogP contribution in [0, 0.1) is 5.92 Å². The van der Waals surface area contributed by atoms with Gasteiger partial charge in [-0.15, -0.1) is 10.2 Å². The molecule has 7 nitrogen and oxygen atoms in total. The van der Waals surface area contributed by atoms with Crippen molar-refractivity contribution >= 4 is 5.91 Å². The van der Waals surface area contributed by atoms with E-state index in [1.807, 2.05) is 11.2 Å². The van der Waals surface area contributed by atoms with Crippen LogP contribution in [0.25, 0.3) is 0 Å². The molecular formula is C17H29N5O2. The lowest BCUT2D eigenvalue weighted by atomic mass is 10.1. The third-order valence-corrected chi connectivity index (χ3v) is 4.85. The maximum absolute atomic E-state index is 12.4. The highest BCUT2D eigenvalue weighted by molar-refractivity contribution is 5.76. The standard InChI is InChI=1S/C17H29N5O2/c1-14(2)12-22-13-18-19-17(22)15-4-3-6-20(15)7-5-16(23)21-8-10-24-11-9-21/h13-15H,3-12H2,1-2H3/t15-/m1/s1. The van der Waals surface area contributed by atoms with E-state index in [0.717, 1.165) is 51.4 Å². The van der Waals surface area contributed by atoms with E-state index in [0.29, 0.717) is 31.6 Å². The number of hydrogen-bond acceptors (Lipinski definition) is 5. The van der Waals surface area contributed by atoms with Gasteiger partial charge >= 0.3 is 0 Å². The molecule has 2 aliphatic rings. The first kappa shape index (κ1) is 17.4. The molecule has 3 heterocycles. The first-order chi connectivity index (χ1) is 11.6. The van der Waals surface area contributed by atoms with Crippen molar-refractivity contribution in [3.05, 3.63) is 12.2 Å². The summed E-state index contributed by atoms with van der Waals surface area (Å²) in [6.45, 7) is 9.97. The van der Waals surface area contributed by atoms with Crippen LogP contribution in [-0.2, 0) is 16.1 Å². The quantitative estimate of drug-likeness (QED) is 0.784. The molecule has 2 fully saturated rings. The molecular weight excluding hydrogens is 306 g/mol. The summed E-state index contributed by atoms with van der Waals surface area (Å²) >= 11 is 0. The van der Waals surface area contributed by atoms with Gasteiger partial charge in [0, 0.05) is 32.6 Å². The number of carbonyl (C=O) groups excluding carboxylic acids is 1. The number of hydrogen-bond donors (Lipinski definition) is 0. The molecule has 0 spiro atoms. The minimum atomic E-state index is 0.243. The number of rotatable bonds is 6. The molecule has 3 rings (SSSR count). The van der Waals surface area contributed by atoms with Crippen molar-refractivity contribution in [1.82, 2.24) is 24.6 Å². The molecule has 0 saturated carbocycles. The topological polar surface area (TPSA) is 63.5 Å². The molecule has 24 heavy (non-hydrogen) atoms. The van der Waals surface area contributed by atoms with Gasteiger partial charge in [-0.05, 0) is 25.3 Å². The van der Waals surface area contributed by atoms with Crippen molar-refractivity contribution in [2.75, 3.05) is 39.4 Å².